The van der Waals surface area contributed by atoms with E-state index in [9.17, 15) is 14.8 Å². The molecule has 0 aromatic heterocycles. The third-order valence-corrected chi connectivity index (χ3v) is 1.64. The maximum absolute atomic E-state index is 11.3. The smallest absolute Gasteiger partial charge is 0.190 e. The average Bonchev–Trinajstić information content (AvgIpc) is 2.04. The first-order valence-electron chi connectivity index (χ1n) is 4.22. The van der Waals surface area contributed by atoms with E-state index in [2.05, 4.69) is 5.18 Å². The summed E-state index contributed by atoms with van der Waals surface area (Å²) in [7, 11) is 0. The summed E-state index contributed by atoms with van der Waals surface area (Å²) in [4.78, 5) is 21.6. The Hall–Kier alpha value is -1.19. The number of ketones is 1. The van der Waals surface area contributed by atoms with Crippen molar-refractivity contribution in [2.45, 2.75) is 27.7 Å². The summed E-state index contributed by atoms with van der Waals surface area (Å²) >= 11 is 0. The Bertz CT molecular complexity index is 241. The molecule has 0 aromatic carbocycles. The van der Waals surface area contributed by atoms with Crippen molar-refractivity contribution in [2.75, 3.05) is 0 Å². The molecule has 0 bridgehead atoms. The Kier molecular flexibility index (Phi) is 4.31. The third-order valence-electron chi connectivity index (χ3n) is 1.64. The van der Waals surface area contributed by atoms with Crippen LogP contribution >= 0.6 is 0 Å². The molecule has 74 valence electrons. The monoisotopic (exact) mass is 185 g/mol. The molecule has 0 saturated carbocycles. The summed E-state index contributed by atoms with van der Waals surface area (Å²) in [5.74, 6) is -1.22. The number of aliphatic hydroxyl groups is 1. The van der Waals surface area contributed by atoms with Crippen molar-refractivity contribution in [1.29, 1.82) is 0 Å². The van der Waals surface area contributed by atoms with Crippen LogP contribution in [0.4, 0.5) is 0 Å². The summed E-state index contributed by atoms with van der Waals surface area (Å²) in [6, 6.07) is 0. The highest BCUT2D eigenvalue weighted by Crippen LogP contribution is 2.16. The summed E-state index contributed by atoms with van der Waals surface area (Å²) in [6.07, 6.45) is 0. The van der Waals surface area contributed by atoms with Crippen LogP contribution in [-0.4, -0.2) is 10.9 Å². The molecule has 4 heteroatoms. The lowest BCUT2D eigenvalue weighted by molar-refractivity contribution is -0.118. The summed E-state index contributed by atoms with van der Waals surface area (Å²) in [6.45, 7) is 6.68. The van der Waals surface area contributed by atoms with E-state index in [0.717, 1.165) is 0 Å². The fourth-order valence-corrected chi connectivity index (χ4v) is 0.765. The molecule has 0 radical (unpaired) electrons. The highest BCUT2D eigenvalue weighted by atomic mass is 16.3. The number of nitroso groups, excluding NO2 is 1. The second-order valence-corrected chi connectivity index (χ2v) is 3.50. The zero-order chi connectivity index (χ0) is 10.6. The number of allylic oxidation sites excluding steroid dienone is 2. The van der Waals surface area contributed by atoms with Gasteiger partial charge in [-0.05, 0) is 5.18 Å². The van der Waals surface area contributed by atoms with Crippen LogP contribution in [-0.2, 0) is 4.79 Å². The van der Waals surface area contributed by atoms with E-state index in [4.69, 9.17) is 0 Å². The van der Waals surface area contributed by atoms with E-state index in [0.29, 0.717) is 0 Å². The molecule has 0 aliphatic heterocycles. The van der Waals surface area contributed by atoms with Crippen molar-refractivity contribution in [3.63, 3.8) is 0 Å². The SMILES string of the molecule is CC(C)C(=O)/C(N=O)=C(\O)C(C)C. The van der Waals surface area contributed by atoms with Crippen molar-refractivity contribution in [3.05, 3.63) is 16.4 Å². The number of carbonyl (C=O) groups excluding carboxylic acids is 1. The minimum Gasteiger partial charge on any atom is -0.510 e. The van der Waals surface area contributed by atoms with Gasteiger partial charge in [0.2, 0.25) is 0 Å². The van der Waals surface area contributed by atoms with Crippen molar-refractivity contribution in [1.82, 2.24) is 0 Å². The molecule has 0 spiro atoms. The van der Waals surface area contributed by atoms with Crippen LogP contribution in [0.5, 0.6) is 0 Å². The number of rotatable bonds is 4. The van der Waals surface area contributed by atoms with Crippen molar-refractivity contribution >= 4 is 5.78 Å². The van der Waals surface area contributed by atoms with Gasteiger partial charge in [-0.3, -0.25) is 4.79 Å². The lowest BCUT2D eigenvalue weighted by atomic mass is 10.0. The van der Waals surface area contributed by atoms with Crippen molar-refractivity contribution in [2.24, 2.45) is 17.0 Å². The van der Waals surface area contributed by atoms with Crippen molar-refractivity contribution in [3.8, 4) is 0 Å². The zero-order valence-corrected chi connectivity index (χ0v) is 8.37. The molecule has 0 amide bonds. The normalized spacial score (nSPS) is 13.1. The molecular formula is C9H15NO3. The quantitative estimate of drug-likeness (QED) is 0.415. The molecule has 13 heavy (non-hydrogen) atoms. The van der Waals surface area contributed by atoms with Crippen LogP contribution in [0.1, 0.15) is 27.7 Å². The number of aliphatic hydroxyl groups excluding tert-OH is 1. The van der Waals surface area contributed by atoms with Crippen LogP contribution in [0, 0.1) is 16.7 Å². The maximum Gasteiger partial charge on any atom is 0.190 e. The van der Waals surface area contributed by atoms with Gasteiger partial charge in [0.1, 0.15) is 5.76 Å². The Balaban J connectivity index is 4.99. The molecule has 0 aliphatic carbocycles. The fourth-order valence-electron chi connectivity index (χ4n) is 0.765. The van der Waals surface area contributed by atoms with Gasteiger partial charge in [-0.1, -0.05) is 27.7 Å². The van der Waals surface area contributed by atoms with Crippen molar-refractivity contribution < 1.29 is 9.90 Å². The van der Waals surface area contributed by atoms with Gasteiger partial charge in [0.25, 0.3) is 0 Å². The number of hydrogen-bond acceptors (Lipinski definition) is 4. The number of hydrogen-bond donors (Lipinski definition) is 1. The Morgan fingerprint density at radius 1 is 1.15 bits per heavy atom. The number of nitrogens with zero attached hydrogens (tertiary/aromatic N) is 1. The molecule has 0 saturated heterocycles. The van der Waals surface area contributed by atoms with E-state index < -0.39 is 5.78 Å². The minimum atomic E-state index is -0.416. The largest absolute Gasteiger partial charge is 0.510 e. The van der Waals surface area contributed by atoms with Gasteiger partial charge in [0.15, 0.2) is 11.5 Å². The molecule has 1 N–H and O–H groups in total. The topological polar surface area (TPSA) is 66.7 Å². The van der Waals surface area contributed by atoms with Gasteiger partial charge >= 0.3 is 0 Å². The van der Waals surface area contributed by atoms with E-state index in [1.54, 1.807) is 27.7 Å². The molecule has 0 rings (SSSR count). The first kappa shape index (κ1) is 11.8. The fraction of sp³-hybridized carbons (Fsp3) is 0.667. The molecular weight excluding hydrogens is 170 g/mol. The molecule has 0 aliphatic rings. The van der Waals surface area contributed by atoms with Crippen LogP contribution in [0.2, 0.25) is 0 Å². The molecule has 0 fully saturated rings. The number of Topliss-reactive ketones (excluding diaryl/α,β-unsaturated/α-hetero) is 1. The van der Waals surface area contributed by atoms with Gasteiger partial charge < -0.3 is 5.11 Å². The second kappa shape index (κ2) is 4.74. The van der Waals surface area contributed by atoms with Gasteiger partial charge in [-0.15, -0.1) is 4.91 Å². The Morgan fingerprint density at radius 3 is 1.85 bits per heavy atom. The van der Waals surface area contributed by atoms with E-state index in [1.807, 2.05) is 0 Å². The second-order valence-electron chi connectivity index (χ2n) is 3.50. The zero-order valence-electron chi connectivity index (χ0n) is 8.37. The van der Waals surface area contributed by atoms with Gasteiger partial charge in [-0.25, -0.2) is 0 Å². The highest BCUT2D eigenvalue weighted by molar-refractivity contribution is 5.96. The Labute approximate surface area is 77.6 Å². The summed E-state index contributed by atoms with van der Waals surface area (Å²) < 4.78 is 0. The summed E-state index contributed by atoms with van der Waals surface area (Å²) in [5.41, 5.74) is -0.343. The molecule has 0 unspecified atom stereocenters. The van der Waals surface area contributed by atoms with Crippen LogP contribution in [0.3, 0.4) is 0 Å². The molecule has 0 atom stereocenters. The molecule has 4 nitrogen and oxygen atoms in total. The average molecular weight is 185 g/mol. The number of carbonyl (C=O) groups is 1. The highest BCUT2D eigenvalue weighted by Gasteiger charge is 2.20. The van der Waals surface area contributed by atoms with E-state index in [-0.39, 0.29) is 23.3 Å². The standard InChI is InChI=1S/C9H15NO3/c1-5(2)8(11)7(10-13)9(12)6(3)4/h5-6,11H,1-4H3/b8-7+. The Morgan fingerprint density at radius 2 is 1.62 bits per heavy atom. The van der Waals surface area contributed by atoms with Gasteiger partial charge in [-0.2, -0.15) is 0 Å². The lowest BCUT2D eigenvalue weighted by Gasteiger charge is -2.07. The third kappa shape index (κ3) is 2.97. The predicted octanol–water partition coefficient (Wildman–Crippen LogP) is 2.40. The van der Waals surface area contributed by atoms with Crippen LogP contribution < -0.4 is 0 Å². The van der Waals surface area contributed by atoms with Gasteiger partial charge in [0, 0.05) is 11.8 Å². The first-order chi connectivity index (χ1) is 5.91. The molecule has 0 aromatic rings. The summed E-state index contributed by atoms with van der Waals surface area (Å²) in [5, 5.41) is 11.9. The van der Waals surface area contributed by atoms with Crippen LogP contribution in [0.15, 0.2) is 16.6 Å². The van der Waals surface area contributed by atoms with E-state index >= 15 is 0 Å². The minimum absolute atomic E-state index is 0.228. The predicted molar refractivity (Wildman–Crippen MR) is 50.1 cm³/mol. The maximum atomic E-state index is 11.3. The van der Waals surface area contributed by atoms with Gasteiger partial charge in [0.05, 0.1) is 0 Å². The van der Waals surface area contributed by atoms with E-state index in [1.165, 1.54) is 0 Å². The van der Waals surface area contributed by atoms with Crippen LogP contribution in [0.25, 0.3) is 0 Å². The first-order valence-corrected chi connectivity index (χ1v) is 4.22. The molecule has 0 heterocycles. The lowest BCUT2D eigenvalue weighted by Crippen LogP contribution is -2.12.